The maximum absolute atomic E-state index is 12.1. The molecule has 37 heavy (non-hydrogen) atoms. The van der Waals surface area contributed by atoms with E-state index in [1.54, 1.807) is 0 Å². The fourth-order valence-corrected chi connectivity index (χ4v) is 4.89. The second-order valence-corrected chi connectivity index (χ2v) is 10.3. The van der Waals surface area contributed by atoms with Gasteiger partial charge in [-0.1, -0.05) is 0 Å². The van der Waals surface area contributed by atoms with Crippen LogP contribution in [0.25, 0.3) is 12.2 Å². The number of carbonyl (C=O) groups is 1. The number of aliphatic imine (C=N–C) groups is 2. The lowest BCUT2D eigenvalue weighted by Crippen LogP contribution is -2.22. The molecule has 2 aromatic heterocycles. The first-order valence-corrected chi connectivity index (χ1v) is 12.8. The van der Waals surface area contributed by atoms with Gasteiger partial charge in [0.2, 0.25) is 0 Å². The molecule has 194 valence electrons. The Kier molecular flexibility index (Phi) is 7.13. The van der Waals surface area contributed by atoms with Gasteiger partial charge in [-0.3, -0.25) is 14.8 Å². The van der Waals surface area contributed by atoms with Crippen LogP contribution in [-0.2, 0) is 16.0 Å². The molecule has 4 heterocycles. The Morgan fingerprint density at radius 1 is 0.838 bits per heavy atom. The van der Waals surface area contributed by atoms with Gasteiger partial charge in [-0.15, -0.1) is 0 Å². The Hall–Kier alpha value is -3.67. The number of H-pyrrole nitrogens is 2. The number of aromatic amines is 2. The van der Waals surface area contributed by atoms with E-state index in [0.717, 1.165) is 46.1 Å². The number of methoxy groups -OCH3 is 1. The Balaban J connectivity index is 1.65. The van der Waals surface area contributed by atoms with Crippen LogP contribution in [0, 0.1) is 33.6 Å². The molecule has 0 bridgehead atoms. The average Bonchev–Trinajstić information content (AvgIpc) is 3.53. The van der Waals surface area contributed by atoms with Crippen LogP contribution in [-0.4, -0.2) is 35.0 Å². The molecule has 0 spiro atoms. The van der Waals surface area contributed by atoms with Crippen LogP contribution in [0.2, 0.25) is 0 Å². The quantitative estimate of drug-likeness (QED) is 0.426. The Morgan fingerprint density at radius 3 is 1.86 bits per heavy atom. The third kappa shape index (κ3) is 4.73. The standard InChI is InChI=1S/C31H38N4O2/c1-15-14-32-24(16(15)2)11-25-17(3)18(4)26(33-25)12-27-19(5)20(6)28(34-27)13-29-21(7)22(8)30(35-29)23(9)31(36)37-10/h11,13-14,23,33-34H,12H2,1-10H3/b24-11-,29-13?/t23-/m1/s1. The van der Waals surface area contributed by atoms with E-state index >= 15 is 0 Å². The highest BCUT2D eigenvalue weighted by Crippen LogP contribution is 2.32. The van der Waals surface area contributed by atoms with Gasteiger partial charge in [0, 0.05) is 35.4 Å². The molecule has 4 rings (SSSR count). The second kappa shape index (κ2) is 10.0. The molecule has 0 aliphatic carbocycles. The highest BCUT2D eigenvalue weighted by Gasteiger charge is 2.27. The first kappa shape index (κ1) is 26.4. The summed E-state index contributed by atoms with van der Waals surface area (Å²) in [6.07, 6.45) is 6.96. The molecule has 2 aliphatic heterocycles. The van der Waals surface area contributed by atoms with Gasteiger partial charge in [-0.25, -0.2) is 0 Å². The average molecular weight is 499 g/mol. The number of allylic oxidation sites excluding steroid dienone is 4. The normalized spacial score (nSPS) is 18.6. The fourth-order valence-electron chi connectivity index (χ4n) is 4.89. The van der Waals surface area contributed by atoms with E-state index in [1.165, 1.54) is 51.9 Å². The molecule has 1 atom stereocenters. The van der Waals surface area contributed by atoms with Gasteiger partial charge in [0.1, 0.15) is 0 Å². The van der Waals surface area contributed by atoms with Crippen molar-refractivity contribution in [2.24, 2.45) is 15.9 Å². The van der Waals surface area contributed by atoms with Crippen molar-refractivity contribution >= 4 is 30.0 Å². The third-order valence-electron chi connectivity index (χ3n) is 8.23. The van der Waals surface area contributed by atoms with Crippen molar-refractivity contribution in [3.63, 3.8) is 0 Å². The van der Waals surface area contributed by atoms with Crippen LogP contribution < -0.4 is 0 Å². The van der Waals surface area contributed by atoms with Gasteiger partial charge in [0.15, 0.2) is 0 Å². The number of nitrogens with one attached hydrogen (secondary N) is 2. The summed E-state index contributed by atoms with van der Waals surface area (Å²) < 4.78 is 4.94. The fraction of sp³-hybridized carbons (Fsp3) is 0.387. The molecule has 2 aliphatic rings. The molecular weight excluding hydrogens is 460 g/mol. The Morgan fingerprint density at radius 2 is 1.38 bits per heavy atom. The van der Waals surface area contributed by atoms with E-state index in [9.17, 15) is 4.79 Å². The van der Waals surface area contributed by atoms with Crippen molar-refractivity contribution in [3.05, 3.63) is 78.7 Å². The van der Waals surface area contributed by atoms with Crippen LogP contribution in [0.4, 0.5) is 0 Å². The molecule has 0 saturated carbocycles. The largest absolute Gasteiger partial charge is 0.469 e. The summed E-state index contributed by atoms with van der Waals surface area (Å²) in [6, 6.07) is 0. The first-order valence-electron chi connectivity index (χ1n) is 12.8. The lowest BCUT2D eigenvalue weighted by molar-refractivity contribution is -0.142. The van der Waals surface area contributed by atoms with E-state index in [4.69, 9.17) is 9.73 Å². The molecule has 2 aromatic rings. The van der Waals surface area contributed by atoms with Crippen LogP contribution in [0.5, 0.6) is 0 Å². The number of esters is 1. The summed E-state index contributed by atoms with van der Waals surface area (Å²) in [5.41, 5.74) is 16.8. The minimum atomic E-state index is -0.394. The molecule has 2 N–H and O–H groups in total. The Bertz CT molecular complexity index is 1480. The van der Waals surface area contributed by atoms with E-state index in [1.807, 2.05) is 20.1 Å². The molecule has 0 aromatic carbocycles. The van der Waals surface area contributed by atoms with Crippen molar-refractivity contribution in [2.45, 2.75) is 68.7 Å². The van der Waals surface area contributed by atoms with Gasteiger partial charge in [0.25, 0.3) is 0 Å². The number of nitrogens with zero attached hydrogens (tertiary/aromatic N) is 2. The lowest BCUT2D eigenvalue weighted by Gasteiger charge is -2.09. The molecule has 0 radical (unpaired) electrons. The van der Waals surface area contributed by atoms with Gasteiger partial charge in [0.05, 0.1) is 30.1 Å². The third-order valence-corrected chi connectivity index (χ3v) is 8.23. The monoisotopic (exact) mass is 498 g/mol. The molecule has 0 fully saturated rings. The van der Waals surface area contributed by atoms with Crippen LogP contribution in [0.1, 0.15) is 79.6 Å². The molecule has 0 amide bonds. The number of hydrogen-bond donors (Lipinski definition) is 2. The number of carbonyl (C=O) groups excluding carboxylic acids is 1. The van der Waals surface area contributed by atoms with Crippen LogP contribution >= 0.6 is 0 Å². The van der Waals surface area contributed by atoms with E-state index in [2.05, 4.69) is 75.6 Å². The topological polar surface area (TPSA) is 82.6 Å². The van der Waals surface area contributed by atoms with Crippen LogP contribution in [0.3, 0.4) is 0 Å². The van der Waals surface area contributed by atoms with Crippen LogP contribution in [0.15, 0.2) is 43.7 Å². The van der Waals surface area contributed by atoms with E-state index < -0.39 is 5.92 Å². The minimum Gasteiger partial charge on any atom is -0.469 e. The SMILES string of the molecule is COC(=O)[C@H](C)C1=NC(=Cc2[nH]c(Cc3[nH]c(/C=C4\N=CC(C)=C4C)c(C)c3C)c(C)c2C)C(C)=C1C. The lowest BCUT2D eigenvalue weighted by atomic mass is 9.98. The highest BCUT2D eigenvalue weighted by molar-refractivity contribution is 6.14. The van der Waals surface area contributed by atoms with Gasteiger partial charge in [-0.05, 0) is 119 Å². The summed E-state index contributed by atoms with van der Waals surface area (Å²) >= 11 is 0. The van der Waals surface area contributed by atoms with Crippen molar-refractivity contribution in [1.29, 1.82) is 0 Å². The van der Waals surface area contributed by atoms with E-state index in [-0.39, 0.29) is 5.97 Å². The number of rotatable bonds is 6. The van der Waals surface area contributed by atoms with E-state index in [0.29, 0.717) is 0 Å². The zero-order valence-corrected chi connectivity index (χ0v) is 23.7. The zero-order valence-electron chi connectivity index (χ0n) is 23.7. The smallest absolute Gasteiger partial charge is 0.314 e. The second-order valence-electron chi connectivity index (χ2n) is 10.3. The zero-order chi connectivity index (χ0) is 27.2. The Labute approximate surface area is 220 Å². The summed E-state index contributed by atoms with van der Waals surface area (Å²) in [7, 11) is 1.42. The summed E-state index contributed by atoms with van der Waals surface area (Å²) in [5, 5.41) is 0. The molecule has 6 nitrogen and oxygen atoms in total. The molecule has 0 saturated heterocycles. The predicted molar refractivity (Wildman–Crippen MR) is 153 cm³/mol. The molecule has 0 unspecified atom stereocenters. The maximum atomic E-state index is 12.1. The number of aromatic nitrogens is 2. The van der Waals surface area contributed by atoms with Gasteiger partial charge >= 0.3 is 5.97 Å². The highest BCUT2D eigenvalue weighted by atomic mass is 16.5. The number of ether oxygens (including phenoxy) is 1. The van der Waals surface area contributed by atoms with Crippen molar-refractivity contribution in [1.82, 2.24) is 9.97 Å². The van der Waals surface area contributed by atoms with Crippen molar-refractivity contribution in [3.8, 4) is 0 Å². The molecule has 6 heteroatoms. The first-order chi connectivity index (χ1) is 17.4. The van der Waals surface area contributed by atoms with Crippen molar-refractivity contribution < 1.29 is 9.53 Å². The van der Waals surface area contributed by atoms with Gasteiger partial charge in [-0.2, -0.15) is 0 Å². The summed E-state index contributed by atoms with van der Waals surface area (Å²) in [6.45, 7) is 18.8. The summed E-state index contributed by atoms with van der Waals surface area (Å²) in [4.78, 5) is 28.8. The minimum absolute atomic E-state index is 0.269. The maximum Gasteiger partial charge on any atom is 0.314 e. The number of hydrogen-bond acceptors (Lipinski definition) is 4. The molecular formula is C31H38N4O2. The van der Waals surface area contributed by atoms with Crippen molar-refractivity contribution in [2.75, 3.05) is 7.11 Å². The summed E-state index contributed by atoms with van der Waals surface area (Å²) in [5.74, 6) is -0.664. The van der Waals surface area contributed by atoms with Gasteiger partial charge < -0.3 is 14.7 Å². The predicted octanol–water partition coefficient (Wildman–Crippen LogP) is 6.87.